The van der Waals surface area contributed by atoms with Gasteiger partial charge in [-0.25, -0.2) is 4.68 Å². The fourth-order valence-electron chi connectivity index (χ4n) is 1.31. The van der Waals surface area contributed by atoms with E-state index in [1.165, 1.54) is 22.2 Å². The van der Waals surface area contributed by atoms with Crippen molar-refractivity contribution in [1.29, 1.82) is 0 Å². The Hall–Kier alpha value is -1.87. The molecule has 0 radical (unpaired) electrons. The molecule has 2 rings (SSSR count). The van der Waals surface area contributed by atoms with Crippen LogP contribution in [0.25, 0.3) is 0 Å². The third-order valence-electron chi connectivity index (χ3n) is 2.23. The molecule has 0 aliphatic carbocycles. The van der Waals surface area contributed by atoms with E-state index in [0.717, 1.165) is 5.01 Å². The maximum absolute atomic E-state index is 11.7. The van der Waals surface area contributed by atoms with Crippen LogP contribution in [-0.2, 0) is 17.9 Å². The van der Waals surface area contributed by atoms with Crippen molar-refractivity contribution >= 4 is 22.4 Å². The number of carbonyl (C=O) groups is 1. The van der Waals surface area contributed by atoms with E-state index < -0.39 is 0 Å². The van der Waals surface area contributed by atoms with Gasteiger partial charge in [0.25, 0.3) is 0 Å². The highest BCUT2D eigenvalue weighted by Crippen LogP contribution is 2.22. The van der Waals surface area contributed by atoms with Gasteiger partial charge in [0, 0.05) is 5.92 Å². The molecule has 2 aromatic heterocycles. The lowest BCUT2D eigenvalue weighted by molar-refractivity contribution is -0.116. The molecule has 2 aromatic rings. The number of nitrogens with zero attached hydrogens (tertiary/aromatic N) is 5. The van der Waals surface area contributed by atoms with Gasteiger partial charge in [0.2, 0.25) is 11.0 Å². The van der Waals surface area contributed by atoms with Gasteiger partial charge in [-0.05, 0) is 0 Å². The SMILES string of the molecule is CC(C)c1nnc(NC(=O)Cn2cc(CO)nn2)s1. The zero-order valence-electron chi connectivity index (χ0n) is 10.6. The Morgan fingerprint density at radius 1 is 1.47 bits per heavy atom. The molecule has 0 aliphatic rings. The molecule has 0 atom stereocenters. The van der Waals surface area contributed by atoms with Gasteiger partial charge < -0.3 is 5.11 Å². The first-order chi connectivity index (χ1) is 9.08. The minimum atomic E-state index is -0.263. The Morgan fingerprint density at radius 3 is 2.84 bits per heavy atom. The maximum atomic E-state index is 11.7. The fraction of sp³-hybridized carbons (Fsp3) is 0.500. The van der Waals surface area contributed by atoms with E-state index in [2.05, 4.69) is 25.8 Å². The largest absolute Gasteiger partial charge is 0.390 e. The summed E-state index contributed by atoms with van der Waals surface area (Å²) in [5, 5.41) is 28.1. The number of amides is 1. The molecule has 0 unspecified atom stereocenters. The van der Waals surface area contributed by atoms with E-state index in [1.54, 1.807) is 0 Å². The van der Waals surface area contributed by atoms with E-state index in [-0.39, 0.29) is 25.0 Å². The molecule has 1 amide bonds. The number of anilines is 1. The van der Waals surface area contributed by atoms with Gasteiger partial charge in [-0.2, -0.15) is 0 Å². The Balaban J connectivity index is 1.93. The summed E-state index contributed by atoms with van der Waals surface area (Å²) in [4.78, 5) is 11.7. The van der Waals surface area contributed by atoms with E-state index >= 15 is 0 Å². The van der Waals surface area contributed by atoms with Gasteiger partial charge in [0.05, 0.1) is 12.8 Å². The second-order valence-corrected chi connectivity index (χ2v) is 5.22. The summed E-state index contributed by atoms with van der Waals surface area (Å²) in [6.45, 7) is 3.84. The van der Waals surface area contributed by atoms with Crippen LogP contribution in [-0.4, -0.2) is 36.2 Å². The van der Waals surface area contributed by atoms with Gasteiger partial charge in [-0.3, -0.25) is 10.1 Å². The van der Waals surface area contributed by atoms with Gasteiger partial charge in [0.15, 0.2) is 0 Å². The second kappa shape index (κ2) is 5.85. The molecular weight excluding hydrogens is 268 g/mol. The van der Waals surface area contributed by atoms with Gasteiger partial charge in [-0.1, -0.05) is 30.4 Å². The lowest BCUT2D eigenvalue weighted by atomic mass is 10.2. The molecule has 0 spiro atoms. The van der Waals surface area contributed by atoms with Crippen LogP contribution in [0.5, 0.6) is 0 Å². The average Bonchev–Trinajstić information content (AvgIpc) is 2.98. The third-order valence-corrected chi connectivity index (χ3v) is 3.37. The highest BCUT2D eigenvalue weighted by Gasteiger charge is 2.11. The number of carbonyl (C=O) groups excluding carboxylic acids is 1. The lowest BCUT2D eigenvalue weighted by Crippen LogP contribution is -2.19. The fourth-order valence-corrected chi connectivity index (χ4v) is 2.07. The molecule has 0 saturated heterocycles. The van der Waals surface area contributed by atoms with E-state index in [1.807, 2.05) is 13.8 Å². The molecular formula is C10H14N6O2S. The Bertz CT molecular complexity index is 564. The molecule has 8 nitrogen and oxygen atoms in total. The number of hydrogen-bond acceptors (Lipinski definition) is 7. The summed E-state index contributed by atoms with van der Waals surface area (Å²) in [6, 6.07) is 0. The number of aliphatic hydroxyl groups excluding tert-OH is 1. The molecule has 102 valence electrons. The van der Waals surface area contributed by atoms with E-state index in [0.29, 0.717) is 10.8 Å². The first kappa shape index (κ1) is 13.6. The van der Waals surface area contributed by atoms with Crippen LogP contribution in [0.15, 0.2) is 6.20 Å². The summed E-state index contributed by atoms with van der Waals surface area (Å²) < 4.78 is 1.35. The quantitative estimate of drug-likeness (QED) is 0.821. The number of hydrogen-bond donors (Lipinski definition) is 2. The summed E-state index contributed by atoms with van der Waals surface area (Å²) in [5.74, 6) is 0.0198. The van der Waals surface area contributed by atoms with Crippen LogP contribution in [0.3, 0.4) is 0 Å². The predicted molar refractivity (Wildman–Crippen MR) is 68.6 cm³/mol. The van der Waals surface area contributed by atoms with E-state index in [4.69, 9.17) is 5.11 Å². The molecule has 19 heavy (non-hydrogen) atoms. The van der Waals surface area contributed by atoms with Crippen molar-refractivity contribution in [3.05, 3.63) is 16.9 Å². The Morgan fingerprint density at radius 2 is 2.26 bits per heavy atom. The Labute approximate surface area is 113 Å². The van der Waals surface area contributed by atoms with Crippen molar-refractivity contribution in [1.82, 2.24) is 25.2 Å². The standard InChI is InChI=1S/C10H14N6O2S/c1-6(2)9-13-14-10(19-9)11-8(18)4-16-3-7(5-17)12-15-16/h3,6,17H,4-5H2,1-2H3,(H,11,14,18). The third kappa shape index (κ3) is 3.55. The minimum absolute atomic E-state index is 0.0175. The van der Waals surface area contributed by atoms with Crippen molar-refractivity contribution in [2.45, 2.75) is 32.9 Å². The van der Waals surface area contributed by atoms with E-state index in [9.17, 15) is 4.79 Å². The lowest BCUT2D eigenvalue weighted by Gasteiger charge is -2.00. The Kier molecular flexibility index (Phi) is 4.17. The number of aliphatic hydroxyl groups is 1. The van der Waals surface area contributed by atoms with Crippen molar-refractivity contribution in [2.24, 2.45) is 0 Å². The molecule has 0 saturated carbocycles. The van der Waals surface area contributed by atoms with Crippen LogP contribution >= 0.6 is 11.3 Å². The molecule has 0 aliphatic heterocycles. The maximum Gasteiger partial charge on any atom is 0.247 e. The van der Waals surface area contributed by atoms with Crippen molar-refractivity contribution in [3.63, 3.8) is 0 Å². The molecule has 9 heteroatoms. The molecule has 2 N–H and O–H groups in total. The minimum Gasteiger partial charge on any atom is -0.390 e. The first-order valence-corrected chi connectivity index (χ1v) is 6.53. The summed E-state index contributed by atoms with van der Waals surface area (Å²) in [6.07, 6.45) is 1.51. The highest BCUT2D eigenvalue weighted by molar-refractivity contribution is 7.15. The van der Waals surface area contributed by atoms with Crippen LogP contribution in [0.2, 0.25) is 0 Å². The predicted octanol–water partition coefficient (Wildman–Crippen LogP) is 0.384. The zero-order chi connectivity index (χ0) is 13.8. The molecule has 2 heterocycles. The van der Waals surface area contributed by atoms with Gasteiger partial charge in [0.1, 0.15) is 17.2 Å². The smallest absolute Gasteiger partial charge is 0.247 e. The van der Waals surface area contributed by atoms with Gasteiger partial charge >= 0.3 is 0 Å². The summed E-state index contributed by atoms with van der Waals surface area (Å²) in [5.41, 5.74) is 0.422. The van der Waals surface area contributed by atoms with Crippen molar-refractivity contribution in [3.8, 4) is 0 Å². The first-order valence-electron chi connectivity index (χ1n) is 5.71. The van der Waals surface area contributed by atoms with Crippen LogP contribution in [0, 0.1) is 0 Å². The molecule has 0 fully saturated rings. The topological polar surface area (TPSA) is 106 Å². The number of aromatic nitrogens is 5. The van der Waals surface area contributed by atoms with Crippen molar-refractivity contribution < 1.29 is 9.90 Å². The summed E-state index contributed by atoms with van der Waals surface area (Å²) >= 11 is 1.35. The highest BCUT2D eigenvalue weighted by atomic mass is 32.1. The van der Waals surface area contributed by atoms with Gasteiger partial charge in [-0.15, -0.1) is 15.3 Å². The average molecular weight is 282 g/mol. The monoisotopic (exact) mass is 282 g/mol. The summed E-state index contributed by atoms with van der Waals surface area (Å²) in [7, 11) is 0. The normalized spacial score (nSPS) is 10.9. The van der Waals surface area contributed by atoms with Crippen LogP contribution in [0.4, 0.5) is 5.13 Å². The zero-order valence-corrected chi connectivity index (χ0v) is 11.4. The molecule has 0 aromatic carbocycles. The van der Waals surface area contributed by atoms with Crippen LogP contribution < -0.4 is 5.32 Å². The number of nitrogens with one attached hydrogen (secondary N) is 1. The van der Waals surface area contributed by atoms with Crippen molar-refractivity contribution in [2.75, 3.05) is 5.32 Å². The second-order valence-electron chi connectivity index (χ2n) is 4.21. The number of rotatable bonds is 5. The van der Waals surface area contributed by atoms with Crippen LogP contribution in [0.1, 0.15) is 30.5 Å². The molecule has 0 bridgehead atoms.